The van der Waals surface area contributed by atoms with E-state index >= 15 is 0 Å². The lowest BCUT2D eigenvalue weighted by Crippen LogP contribution is -2.42. The van der Waals surface area contributed by atoms with Crippen LogP contribution in [-0.2, 0) is 27.7 Å². The number of carbonyl (C=O) groups excluding carboxylic acids is 1. The summed E-state index contributed by atoms with van der Waals surface area (Å²) in [6.45, 7) is 4.83. The third-order valence-corrected chi connectivity index (χ3v) is 5.47. The third-order valence-electron chi connectivity index (χ3n) is 3.70. The second kappa shape index (κ2) is 7.79. The molecule has 1 aromatic rings. The van der Waals surface area contributed by atoms with E-state index < -0.39 is 9.84 Å². The molecule has 0 unspecified atom stereocenters. The van der Waals surface area contributed by atoms with Crippen LogP contribution in [0.1, 0.15) is 31.4 Å². The molecule has 7 heteroatoms. The lowest BCUT2D eigenvalue weighted by molar-refractivity contribution is 0.0652. The van der Waals surface area contributed by atoms with E-state index in [2.05, 4.69) is 10.6 Å². The second-order valence-electron chi connectivity index (χ2n) is 6.06. The fraction of sp³-hybridized carbons (Fsp3) is 0.562. The molecule has 1 fully saturated rings. The standard InChI is InChI=1S/C16H24N2O4S/c1-12(2)22-10-14-6-4-3-5-13(14)9-17-16(19)18-15-7-8-23(20,21)11-15/h3-6,12,15H,7-11H2,1-2H3,(H2,17,18,19)/t15-/m0/s1. The molecule has 0 radical (unpaired) electrons. The van der Waals surface area contributed by atoms with Crippen molar-refractivity contribution in [3.63, 3.8) is 0 Å². The number of ether oxygens (including phenoxy) is 1. The molecule has 0 spiro atoms. The van der Waals surface area contributed by atoms with Gasteiger partial charge < -0.3 is 15.4 Å². The van der Waals surface area contributed by atoms with Gasteiger partial charge in [0.05, 0.1) is 24.2 Å². The van der Waals surface area contributed by atoms with Crippen LogP contribution >= 0.6 is 0 Å². The molecule has 1 aromatic carbocycles. The summed E-state index contributed by atoms with van der Waals surface area (Å²) in [5, 5.41) is 5.49. The maximum absolute atomic E-state index is 11.9. The highest BCUT2D eigenvalue weighted by atomic mass is 32.2. The van der Waals surface area contributed by atoms with Gasteiger partial charge in [-0.05, 0) is 31.4 Å². The van der Waals surface area contributed by atoms with Crippen LogP contribution < -0.4 is 10.6 Å². The number of hydrogen-bond donors (Lipinski definition) is 2. The van der Waals surface area contributed by atoms with Crippen molar-refractivity contribution in [3.05, 3.63) is 35.4 Å². The van der Waals surface area contributed by atoms with Crippen LogP contribution in [-0.4, -0.2) is 38.1 Å². The first kappa shape index (κ1) is 17.7. The fourth-order valence-corrected chi connectivity index (χ4v) is 4.12. The zero-order valence-corrected chi connectivity index (χ0v) is 14.4. The topological polar surface area (TPSA) is 84.5 Å². The lowest BCUT2D eigenvalue weighted by Gasteiger charge is -2.15. The molecule has 1 aliphatic heterocycles. The largest absolute Gasteiger partial charge is 0.374 e. The number of rotatable bonds is 6. The maximum atomic E-state index is 11.9. The zero-order chi connectivity index (χ0) is 16.9. The summed E-state index contributed by atoms with van der Waals surface area (Å²) >= 11 is 0. The molecule has 2 N–H and O–H groups in total. The number of hydrogen-bond acceptors (Lipinski definition) is 4. The fourth-order valence-electron chi connectivity index (χ4n) is 2.45. The van der Waals surface area contributed by atoms with Crippen LogP contribution in [0.25, 0.3) is 0 Å². The Kier molecular flexibility index (Phi) is 6.01. The van der Waals surface area contributed by atoms with Crippen LogP contribution in [0.15, 0.2) is 24.3 Å². The number of sulfone groups is 1. The molecule has 6 nitrogen and oxygen atoms in total. The van der Waals surface area contributed by atoms with Crippen molar-refractivity contribution in [2.45, 2.75) is 45.6 Å². The smallest absolute Gasteiger partial charge is 0.315 e. The van der Waals surface area contributed by atoms with Crippen LogP contribution in [0.2, 0.25) is 0 Å². The van der Waals surface area contributed by atoms with Crippen LogP contribution in [0, 0.1) is 0 Å². The Labute approximate surface area is 137 Å². The van der Waals surface area contributed by atoms with Gasteiger partial charge in [0.15, 0.2) is 9.84 Å². The Morgan fingerprint density at radius 2 is 2.00 bits per heavy atom. The summed E-state index contributed by atoms with van der Waals surface area (Å²) < 4.78 is 28.4. The van der Waals surface area contributed by atoms with Gasteiger partial charge in [0.2, 0.25) is 0 Å². The molecule has 0 saturated carbocycles. The minimum absolute atomic E-state index is 0.0270. The monoisotopic (exact) mass is 340 g/mol. The van der Waals surface area contributed by atoms with E-state index in [0.717, 1.165) is 11.1 Å². The molecule has 0 aliphatic carbocycles. The molecule has 2 rings (SSSR count). The van der Waals surface area contributed by atoms with Crippen molar-refractivity contribution in [3.8, 4) is 0 Å². The van der Waals surface area contributed by atoms with E-state index in [1.807, 2.05) is 38.1 Å². The summed E-state index contributed by atoms with van der Waals surface area (Å²) in [6.07, 6.45) is 0.623. The minimum Gasteiger partial charge on any atom is -0.374 e. The number of urea groups is 1. The third kappa shape index (κ3) is 5.84. The van der Waals surface area contributed by atoms with E-state index in [0.29, 0.717) is 19.6 Å². The van der Waals surface area contributed by atoms with Crippen molar-refractivity contribution in [1.82, 2.24) is 10.6 Å². The van der Waals surface area contributed by atoms with Crippen LogP contribution in [0.3, 0.4) is 0 Å². The number of benzene rings is 1. The van der Waals surface area contributed by atoms with Gasteiger partial charge in [-0.2, -0.15) is 0 Å². The van der Waals surface area contributed by atoms with Crippen molar-refractivity contribution >= 4 is 15.9 Å². The van der Waals surface area contributed by atoms with Crippen molar-refractivity contribution in [2.24, 2.45) is 0 Å². The maximum Gasteiger partial charge on any atom is 0.315 e. The summed E-state index contributed by atoms with van der Waals surface area (Å²) in [7, 11) is -2.99. The molecule has 23 heavy (non-hydrogen) atoms. The molecule has 128 valence electrons. The molecule has 1 saturated heterocycles. The van der Waals surface area contributed by atoms with Gasteiger partial charge in [-0.1, -0.05) is 24.3 Å². The van der Waals surface area contributed by atoms with Gasteiger partial charge in [0, 0.05) is 12.6 Å². The summed E-state index contributed by atoms with van der Waals surface area (Å²) in [5.41, 5.74) is 2.02. The predicted molar refractivity (Wildman–Crippen MR) is 88.8 cm³/mol. The van der Waals surface area contributed by atoms with E-state index in [1.54, 1.807) is 0 Å². The second-order valence-corrected chi connectivity index (χ2v) is 8.28. The Hall–Kier alpha value is -1.60. The molecular formula is C16H24N2O4S. The predicted octanol–water partition coefficient (Wildman–Crippen LogP) is 1.60. The highest BCUT2D eigenvalue weighted by Gasteiger charge is 2.28. The van der Waals surface area contributed by atoms with Crippen LogP contribution in [0.4, 0.5) is 4.79 Å². The first-order valence-corrected chi connectivity index (χ1v) is 9.61. The Morgan fingerprint density at radius 3 is 2.61 bits per heavy atom. The number of nitrogens with one attached hydrogen (secondary N) is 2. The normalized spacial score (nSPS) is 19.7. The molecule has 0 aromatic heterocycles. The van der Waals surface area contributed by atoms with Gasteiger partial charge in [0.1, 0.15) is 0 Å². The van der Waals surface area contributed by atoms with E-state index in [4.69, 9.17) is 4.74 Å². The molecule has 2 amide bonds. The highest BCUT2D eigenvalue weighted by molar-refractivity contribution is 7.91. The van der Waals surface area contributed by atoms with E-state index in [9.17, 15) is 13.2 Å². The van der Waals surface area contributed by atoms with E-state index in [-0.39, 0.29) is 29.7 Å². The summed E-state index contributed by atoms with van der Waals surface area (Å²) in [6, 6.07) is 7.13. The number of carbonyl (C=O) groups is 1. The van der Waals surface area contributed by atoms with E-state index in [1.165, 1.54) is 0 Å². The van der Waals surface area contributed by atoms with Crippen molar-refractivity contribution in [2.75, 3.05) is 11.5 Å². The SMILES string of the molecule is CC(C)OCc1ccccc1CNC(=O)N[C@H]1CCS(=O)(=O)C1. The minimum atomic E-state index is -2.99. The van der Waals surface area contributed by atoms with Gasteiger partial charge in [-0.25, -0.2) is 13.2 Å². The average molecular weight is 340 g/mol. The molecule has 1 heterocycles. The first-order valence-electron chi connectivity index (χ1n) is 7.79. The van der Waals surface area contributed by atoms with Gasteiger partial charge in [-0.15, -0.1) is 0 Å². The van der Waals surface area contributed by atoms with Crippen molar-refractivity contribution < 1.29 is 17.9 Å². The molecule has 1 aliphatic rings. The zero-order valence-electron chi connectivity index (χ0n) is 13.5. The quantitative estimate of drug-likeness (QED) is 0.824. The Bertz CT molecular complexity index is 643. The molecule has 1 atom stereocenters. The van der Waals surface area contributed by atoms with Gasteiger partial charge in [-0.3, -0.25) is 0 Å². The summed E-state index contributed by atoms with van der Waals surface area (Å²) in [4.78, 5) is 11.9. The van der Waals surface area contributed by atoms with Crippen LogP contribution in [0.5, 0.6) is 0 Å². The molecule has 0 bridgehead atoms. The first-order chi connectivity index (χ1) is 10.9. The summed E-state index contributed by atoms with van der Waals surface area (Å²) in [5.74, 6) is 0.173. The average Bonchev–Trinajstić information content (AvgIpc) is 2.82. The van der Waals surface area contributed by atoms with Crippen molar-refractivity contribution in [1.29, 1.82) is 0 Å². The molecular weight excluding hydrogens is 316 g/mol. The number of amides is 2. The van der Waals surface area contributed by atoms with Gasteiger partial charge >= 0.3 is 6.03 Å². The van der Waals surface area contributed by atoms with Gasteiger partial charge in [0.25, 0.3) is 0 Å². The Balaban J connectivity index is 1.84. The lowest BCUT2D eigenvalue weighted by atomic mass is 10.1. The highest BCUT2D eigenvalue weighted by Crippen LogP contribution is 2.12. The Morgan fingerprint density at radius 1 is 1.30 bits per heavy atom.